The molecule has 2 heterocycles. The summed E-state index contributed by atoms with van der Waals surface area (Å²) in [5, 5.41) is 12.0. The lowest BCUT2D eigenvalue weighted by Crippen LogP contribution is -2.48. The average Bonchev–Trinajstić information content (AvgIpc) is 3.25. The molecule has 1 atom stereocenters. The van der Waals surface area contributed by atoms with E-state index in [9.17, 15) is 14.4 Å². The van der Waals surface area contributed by atoms with Crippen LogP contribution in [-0.4, -0.2) is 48.4 Å². The Balaban J connectivity index is 1.37. The molecule has 8 heteroatoms. The Morgan fingerprint density at radius 3 is 2.55 bits per heavy atom. The number of piperazine rings is 1. The van der Waals surface area contributed by atoms with Crippen LogP contribution in [0.3, 0.4) is 0 Å². The van der Waals surface area contributed by atoms with Gasteiger partial charge in [-0.05, 0) is 24.3 Å². The summed E-state index contributed by atoms with van der Waals surface area (Å²) in [6, 6.07) is 16.6. The molecule has 1 fully saturated rings. The first-order valence-corrected chi connectivity index (χ1v) is 11.6. The largest absolute Gasteiger partial charge is 0.367 e. The lowest BCUT2D eigenvalue weighted by molar-refractivity contribution is -0.120. The van der Waals surface area contributed by atoms with E-state index in [2.05, 4.69) is 27.0 Å². The van der Waals surface area contributed by atoms with Gasteiger partial charge in [0.15, 0.2) is 11.7 Å². The summed E-state index contributed by atoms with van der Waals surface area (Å²) in [5.41, 5.74) is 2.30. The number of anilines is 1. The van der Waals surface area contributed by atoms with E-state index in [0.29, 0.717) is 36.9 Å². The van der Waals surface area contributed by atoms with Gasteiger partial charge in [-0.15, -0.1) is 11.3 Å². The van der Waals surface area contributed by atoms with Crippen LogP contribution in [0.15, 0.2) is 58.4 Å². The molecule has 0 bridgehead atoms. The lowest BCUT2D eigenvalue weighted by Gasteiger charge is -2.36. The highest BCUT2D eigenvalue weighted by atomic mass is 79.9. The molecule has 1 unspecified atom stereocenters. The van der Waals surface area contributed by atoms with Gasteiger partial charge >= 0.3 is 0 Å². The van der Waals surface area contributed by atoms with Gasteiger partial charge in [-0.3, -0.25) is 9.69 Å². The zero-order valence-corrected chi connectivity index (χ0v) is 19.1. The smallest absolute Gasteiger partial charge is 0.170 e. The van der Waals surface area contributed by atoms with Crippen molar-refractivity contribution in [2.75, 3.05) is 37.6 Å². The van der Waals surface area contributed by atoms with E-state index in [4.69, 9.17) is 0 Å². The fourth-order valence-electron chi connectivity index (χ4n) is 3.61. The molecule has 1 aromatic heterocycles. The minimum atomic E-state index is -0.876. The van der Waals surface area contributed by atoms with Crippen molar-refractivity contribution in [2.24, 2.45) is 0 Å². The zero-order valence-electron chi connectivity index (χ0n) is 16.7. The van der Waals surface area contributed by atoms with Crippen LogP contribution in [0.2, 0.25) is 0 Å². The molecular weight excluding hydrogens is 479 g/mol. The highest BCUT2D eigenvalue weighted by molar-refractivity contribution is 9.10. The Morgan fingerprint density at radius 2 is 1.87 bits per heavy atom. The van der Waals surface area contributed by atoms with Crippen LogP contribution in [-0.2, 0) is 4.79 Å². The molecule has 3 aromatic rings. The molecule has 0 amide bonds. The van der Waals surface area contributed by atoms with Gasteiger partial charge in [0.25, 0.3) is 0 Å². The third-order valence-electron chi connectivity index (χ3n) is 5.30. The van der Waals surface area contributed by atoms with Crippen LogP contribution in [0.5, 0.6) is 0 Å². The quantitative estimate of drug-likeness (QED) is 0.492. The van der Waals surface area contributed by atoms with Gasteiger partial charge in [0.05, 0.1) is 24.0 Å². The minimum absolute atomic E-state index is 0.154. The highest BCUT2D eigenvalue weighted by Crippen LogP contribution is 2.28. The van der Waals surface area contributed by atoms with E-state index in [0.717, 1.165) is 15.7 Å². The third-order valence-corrected chi connectivity index (χ3v) is 6.74. The van der Waals surface area contributed by atoms with Crippen molar-refractivity contribution >= 4 is 38.7 Å². The van der Waals surface area contributed by atoms with Crippen LogP contribution in [0.25, 0.3) is 11.3 Å². The number of aromatic nitrogens is 1. The molecule has 158 valence electrons. The fourth-order valence-corrected chi connectivity index (χ4v) is 4.76. The number of ketones is 1. The number of carbonyl (C=O) groups is 1. The predicted molar refractivity (Wildman–Crippen MR) is 124 cm³/mol. The summed E-state index contributed by atoms with van der Waals surface area (Å²) in [7, 11) is 0. The molecule has 1 aliphatic heterocycles. The van der Waals surface area contributed by atoms with E-state index in [1.54, 1.807) is 12.1 Å². The molecule has 0 radical (unpaired) electrons. The summed E-state index contributed by atoms with van der Waals surface area (Å²) in [6.07, 6.45) is 0. The molecule has 31 heavy (non-hydrogen) atoms. The SMILES string of the molecule is N#CC(C(=O)CN1CCN(c2ccccc2F)CC1)c1nc(-c2ccc(Br)cc2)cs1. The number of nitrogens with zero attached hydrogens (tertiary/aromatic N) is 4. The molecule has 1 aliphatic rings. The number of thiazole rings is 1. The van der Waals surface area contributed by atoms with Gasteiger partial charge in [0, 0.05) is 41.6 Å². The van der Waals surface area contributed by atoms with E-state index < -0.39 is 5.92 Å². The van der Waals surface area contributed by atoms with Crippen molar-refractivity contribution in [3.8, 4) is 17.3 Å². The maximum absolute atomic E-state index is 14.0. The van der Waals surface area contributed by atoms with Crippen molar-refractivity contribution in [1.82, 2.24) is 9.88 Å². The van der Waals surface area contributed by atoms with Crippen LogP contribution in [0.4, 0.5) is 10.1 Å². The van der Waals surface area contributed by atoms with E-state index in [1.165, 1.54) is 17.4 Å². The Bertz CT molecular complexity index is 1100. The Morgan fingerprint density at radius 1 is 1.16 bits per heavy atom. The fraction of sp³-hybridized carbons (Fsp3) is 0.261. The summed E-state index contributed by atoms with van der Waals surface area (Å²) in [6.45, 7) is 2.74. The van der Waals surface area contributed by atoms with Gasteiger partial charge < -0.3 is 4.90 Å². The standard InChI is InChI=1S/C23H20BrFN4OS/c24-17-7-5-16(6-8-17)20-15-31-23(27-20)18(13-26)22(30)14-28-9-11-29(12-10-28)21-4-2-1-3-19(21)25/h1-8,15,18H,9-12,14H2. The topological polar surface area (TPSA) is 60.2 Å². The molecule has 1 saturated heterocycles. The summed E-state index contributed by atoms with van der Waals surface area (Å²) >= 11 is 4.75. The van der Waals surface area contributed by atoms with Gasteiger partial charge in [0.1, 0.15) is 10.8 Å². The number of carbonyl (C=O) groups excluding carboxylic acids is 1. The Labute approximate surface area is 192 Å². The summed E-state index contributed by atoms with van der Waals surface area (Å²) < 4.78 is 15.0. The van der Waals surface area contributed by atoms with Crippen LogP contribution in [0.1, 0.15) is 10.9 Å². The van der Waals surface area contributed by atoms with Crippen molar-refractivity contribution in [3.05, 3.63) is 69.2 Å². The number of para-hydroxylation sites is 1. The molecule has 0 aliphatic carbocycles. The lowest BCUT2D eigenvalue weighted by atomic mass is 10.1. The molecular formula is C23H20BrFN4OS. The third kappa shape index (κ3) is 5.01. The van der Waals surface area contributed by atoms with Crippen LogP contribution < -0.4 is 4.90 Å². The van der Waals surface area contributed by atoms with Crippen molar-refractivity contribution in [1.29, 1.82) is 5.26 Å². The number of benzene rings is 2. The van der Waals surface area contributed by atoms with Crippen LogP contribution in [0, 0.1) is 17.1 Å². The second-order valence-corrected chi connectivity index (χ2v) is 9.13. The monoisotopic (exact) mass is 498 g/mol. The van der Waals surface area contributed by atoms with E-state index >= 15 is 0 Å². The van der Waals surface area contributed by atoms with Crippen molar-refractivity contribution in [2.45, 2.75) is 5.92 Å². The molecule has 5 nitrogen and oxygen atoms in total. The first-order valence-electron chi connectivity index (χ1n) is 9.90. The van der Waals surface area contributed by atoms with Gasteiger partial charge in [-0.1, -0.05) is 40.2 Å². The highest BCUT2D eigenvalue weighted by Gasteiger charge is 2.27. The number of nitriles is 1. The van der Waals surface area contributed by atoms with Gasteiger partial charge in [0.2, 0.25) is 0 Å². The number of hydrogen-bond donors (Lipinski definition) is 0. The number of halogens is 2. The number of Topliss-reactive ketones (excluding diaryl/α,β-unsaturated/α-hetero) is 1. The Hall–Kier alpha value is -2.60. The normalized spacial score (nSPS) is 15.5. The zero-order chi connectivity index (χ0) is 21.8. The van der Waals surface area contributed by atoms with Gasteiger partial charge in [-0.2, -0.15) is 5.26 Å². The Kier molecular flexibility index (Phi) is 6.76. The molecule has 2 aromatic carbocycles. The first-order chi connectivity index (χ1) is 15.0. The average molecular weight is 499 g/mol. The molecule has 0 spiro atoms. The van der Waals surface area contributed by atoms with Crippen LogP contribution >= 0.6 is 27.3 Å². The van der Waals surface area contributed by atoms with E-state index in [-0.39, 0.29) is 18.1 Å². The maximum Gasteiger partial charge on any atom is 0.170 e. The van der Waals surface area contributed by atoms with Gasteiger partial charge in [-0.25, -0.2) is 9.37 Å². The first kappa shape index (κ1) is 21.6. The molecule has 0 N–H and O–H groups in total. The second kappa shape index (κ2) is 9.69. The molecule has 4 rings (SSSR count). The number of hydrogen-bond acceptors (Lipinski definition) is 6. The second-order valence-electron chi connectivity index (χ2n) is 7.32. The summed E-state index contributed by atoms with van der Waals surface area (Å²) in [5.74, 6) is -1.26. The minimum Gasteiger partial charge on any atom is -0.367 e. The summed E-state index contributed by atoms with van der Waals surface area (Å²) in [4.78, 5) is 21.4. The van der Waals surface area contributed by atoms with E-state index in [1.807, 2.05) is 45.5 Å². The maximum atomic E-state index is 14.0. The van der Waals surface area contributed by atoms with Crippen molar-refractivity contribution < 1.29 is 9.18 Å². The predicted octanol–water partition coefficient (Wildman–Crippen LogP) is 4.71. The van der Waals surface area contributed by atoms with Crippen molar-refractivity contribution in [3.63, 3.8) is 0 Å². The molecule has 0 saturated carbocycles. The number of rotatable bonds is 6.